The summed E-state index contributed by atoms with van der Waals surface area (Å²) in [6, 6.07) is 8.43. The number of pyridine rings is 2. The summed E-state index contributed by atoms with van der Waals surface area (Å²) in [6.45, 7) is 1.35. The number of aromatic nitrogens is 5. The average molecular weight is 506 g/mol. The van der Waals surface area contributed by atoms with Gasteiger partial charge in [0.15, 0.2) is 5.82 Å². The van der Waals surface area contributed by atoms with E-state index >= 15 is 0 Å². The predicted molar refractivity (Wildman–Crippen MR) is 123 cm³/mol. The van der Waals surface area contributed by atoms with Gasteiger partial charge in [0.2, 0.25) is 17.8 Å². The summed E-state index contributed by atoms with van der Waals surface area (Å²) in [5, 5.41) is 6.11. The van der Waals surface area contributed by atoms with Crippen LogP contribution in [-0.4, -0.2) is 56.0 Å². The summed E-state index contributed by atoms with van der Waals surface area (Å²) in [5.74, 6) is -1.92. The Hall–Kier alpha value is -3.64. The molecule has 0 bridgehead atoms. The SMILES string of the molecule is FC1(F)CCC(Nc2nc(NC3CCN(c4ccccn4)C3)nc(-c3cccc(C(F)(F)F)n3)n2)C1. The third-order valence-corrected chi connectivity index (χ3v) is 6.14. The lowest BCUT2D eigenvalue weighted by atomic mass is 10.2. The summed E-state index contributed by atoms with van der Waals surface area (Å²) in [5.41, 5.74) is -1.18. The molecule has 3 aromatic rings. The highest BCUT2D eigenvalue weighted by Crippen LogP contribution is 2.36. The number of hydrogen-bond donors (Lipinski definition) is 2. The summed E-state index contributed by atoms with van der Waals surface area (Å²) >= 11 is 0. The third-order valence-electron chi connectivity index (χ3n) is 6.14. The van der Waals surface area contributed by atoms with E-state index in [4.69, 9.17) is 0 Å². The number of nitrogens with zero attached hydrogens (tertiary/aromatic N) is 6. The van der Waals surface area contributed by atoms with Crippen molar-refractivity contribution < 1.29 is 22.0 Å². The molecule has 1 aliphatic carbocycles. The van der Waals surface area contributed by atoms with Gasteiger partial charge >= 0.3 is 6.18 Å². The van der Waals surface area contributed by atoms with Gasteiger partial charge in [0.05, 0.1) is 0 Å². The number of hydrogen-bond acceptors (Lipinski definition) is 8. The van der Waals surface area contributed by atoms with E-state index in [1.54, 1.807) is 6.20 Å². The molecule has 1 aliphatic heterocycles. The molecule has 190 valence electrons. The van der Waals surface area contributed by atoms with Crippen molar-refractivity contribution in [3.63, 3.8) is 0 Å². The molecular weight excluding hydrogens is 483 g/mol. The third kappa shape index (κ3) is 5.60. The van der Waals surface area contributed by atoms with Crippen LogP contribution in [0.3, 0.4) is 0 Å². The van der Waals surface area contributed by atoms with E-state index in [-0.39, 0.29) is 48.7 Å². The van der Waals surface area contributed by atoms with Crippen LogP contribution in [-0.2, 0) is 6.18 Å². The zero-order valence-electron chi connectivity index (χ0n) is 19.0. The number of anilines is 3. The van der Waals surface area contributed by atoms with Gasteiger partial charge in [-0.05, 0) is 37.1 Å². The summed E-state index contributed by atoms with van der Waals surface area (Å²) in [4.78, 5) is 23.0. The smallest absolute Gasteiger partial charge is 0.354 e. The Morgan fingerprint density at radius 3 is 2.33 bits per heavy atom. The quantitative estimate of drug-likeness (QED) is 0.468. The lowest BCUT2D eigenvalue weighted by Crippen LogP contribution is -2.28. The Morgan fingerprint density at radius 2 is 1.67 bits per heavy atom. The van der Waals surface area contributed by atoms with Gasteiger partial charge in [-0.25, -0.2) is 18.7 Å². The first-order chi connectivity index (χ1) is 17.1. The monoisotopic (exact) mass is 506 g/mol. The largest absolute Gasteiger partial charge is 0.433 e. The molecule has 0 aromatic carbocycles. The molecule has 0 spiro atoms. The van der Waals surface area contributed by atoms with Crippen molar-refractivity contribution in [2.75, 3.05) is 28.6 Å². The second-order valence-corrected chi connectivity index (χ2v) is 8.92. The maximum absolute atomic E-state index is 13.7. The van der Waals surface area contributed by atoms with Crippen LogP contribution in [0, 0.1) is 0 Å². The molecule has 2 N–H and O–H groups in total. The van der Waals surface area contributed by atoms with Gasteiger partial charge in [0.25, 0.3) is 0 Å². The Labute approximate surface area is 203 Å². The summed E-state index contributed by atoms with van der Waals surface area (Å²) in [7, 11) is 0. The Bertz CT molecular complexity index is 1210. The molecule has 2 aliphatic rings. The van der Waals surface area contributed by atoms with Crippen LogP contribution in [0.4, 0.5) is 39.7 Å². The average Bonchev–Trinajstić information content (AvgIpc) is 3.44. The van der Waals surface area contributed by atoms with Crippen LogP contribution in [0.25, 0.3) is 11.5 Å². The van der Waals surface area contributed by atoms with Crippen molar-refractivity contribution in [1.29, 1.82) is 0 Å². The van der Waals surface area contributed by atoms with Crippen LogP contribution in [0.1, 0.15) is 31.4 Å². The fraction of sp³-hybridized carbons (Fsp3) is 0.435. The van der Waals surface area contributed by atoms with Crippen molar-refractivity contribution in [2.24, 2.45) is 0 Å². The van der Waals surface area contributed by atoms with Crippen LogP contribution in [0.2, 0.25) is 0 Å². The molecule has 5 rings (SSSR count). The molecule has 1 saturated heterocycles. The van der Waals surface area contributed by atoms with Crippen LogP contribution >= 0.6 is 0 Å². The van der Waals surface area contributed by atoms with Crippen molar-refractivity contribution in [2.45, 2.75) is 49.9 Å². The van der Waals surface area contributed by atoms with Gasteiger partial charge in [-0.1, -0.05) is 12.1 Å². The predicted octanol–water partition coefficient (Wildman–Crippen LogP) is 4.64. The van der Waals surface area contributed by atoms with Crippen LogP contribution in [0.5, 0.6) is 0 Å². The molecular formula is C23H23F5N8. The van der Waals surface area contributed by atoms with Gasteiger partial charge in [0, 0.05) is 44.2 Å². The van der Waals surface area contributed by atoms with E-state index in [9.17, 15) is 22.0 Å². The fourth-order valence-corrected chi connectivity index (χ4v) is 4.40. The number of halogens is 5. The first-order valence-electron chi connectivity index (χ1n) is 11.5. The van der Waals surface area contributed by atoms with E-state index < -0.39 is 23.8 Å². The maximum Gasteiger partial charge on any atom is 0.433 e. The molecule has 0 amide bonds. The van der Waals surface area contributed by atoms with E-state index in [0.717, 1.165) is 24.8 Å². The van der Waals surface area contributed by atoms with Gasteiger partial charge in [-0.3, -0.25) is 0 Å². The van der Waals surface area contributed by atoms with Crippen LogP contribution in [0.15, 0.2) is 42.6 Å². The molecule has 36 heavy (non-hydrogen) atoms. The molecule has 2 fully saturated rings. The second-order valence-electron chi connectivity index (χ2n) is 8.92. The van der Waals surface area contributed by atoms with E-state index in [2.05, 4.69) is 40.5 Å². The molecule has 13 heteroatoms. The van der Waals surface area contributed by atoms with Gasteiger partial charge in [-0.2, -0.15) is 28.1 Å². The van der Waals surface area contributed by atoms with Crippen molar-refractivity contribution >= 4 is 17.7 Å². The lowest BCUT2D eigenvalue weighted by Gasteiger charge is -2.18. The summed E-state index contributed by atoms with van der Waals surface area (Å²) in [6.07, 6.45) is -2.59. The maximum atomic E-state index is 13.7. The number of alkyl halides is 5. The highest BCUT2D eigenvalue weighted by atomic mass is 19.4. The Balaban J connectivity index is 1.40. The van der Waals surface area contributed by atoms with E-state index in [1.165, 1.54) is 12.1 Å². The Morgan fingerprint density at radius 1 is 0.889 bits per heavy atom. The summed E-state index contributed by atoms with van der Waals surface area (Å²) < 4.78 is 67.0. The Kier molecular flexibility index (Phi) is 6.31. The second kappa shape index (κ2) is 9.43. The number of rotatable bonds is 6. The number of nitrogens with one attached hydrogen (secondary N) is 2. The molecule has 2 unspecified atom stereocenters. The topological polar surface area (TPSA) is 91.8 Å². The zero-order valence-corrected chi connectivity index (χ0v) is 19.0. The standard InChI is InChI=1S/C23H23F5N8/c24-22(25)9-7-14(12-22)30-20-33-19(16-4-3-5-17(32-16)23(26,27)28)34-21(35-20)31-15-8-11-36(13-15)18-6-1-2-10-29-18/h1-6,10,14-15H,7-9,11-13H2,(H2,30,31,33,34,35). The normalized spacial score (nSPS) is 21.5. The van der Waals surface area contributed by atoms with Crippen LogP contribution < -0.4 is 15.5 Å². The highest BCUT2D eigenvalue weighted by molar-refractivity contribution is 5.54. The minimum atomic E-state index is -4.64. The fourth-order valence-electron chi connectivity index (χ4n) is 4.40. The highest BCUT2D eigenvalue weighted by Gasteiger charge is 2.40. The lowest BCUT2D eigenvalue weighted by molar-refractivity contribution is -0.141. The van der Waals surface area contributed by atoms with Gasteiger partial charge in [0.1, 0.15) is 17.2 Å². The van der Waals surface area contributed by atoms with Gasteiger partial charge < -0.3 is 15.5 Å². The van der Waals surface area contributed by atoms with Crippen molar-refractivity contribution in [3.8, 4) is 11.5 Å². The first kappa shape index (κ1) is 24.1. The van der Waals surface area contributed by atoms with Crippen molar-refractivity contribution in [1.82, 2.24) is 24.9 Å². The van der Waals surface area contributed by atoms with Crippen molar-refractivity contribution in [3.05, 3.63) is 48.3 Å². The minimum absolute atomic E-state index is 0.00370. The zero-order chi connectivity index (χ0) is 25.3. The van der Waals surface area contributed by atoms with Gasteiger partial charge in [-0.15, -0.1) is 0 Å². The molecule has 1 saturated carbocycles. The first-order valence-corrected chi connectivity index (χ1v) is 11.5. The molecule has 4 heterocycles. The van der Waals surface area contributed by atoms with E-state index in [0.29, 0.717) is 6.54 Å². The molecule has 3 aromatic heterocycles. The molecule has 8 nitrogen and oxygen atoms in total. The minimum Gasteiger partial charge on any atom is -0.354 e. The molecule has 0 radical (unpaired) electrons. The van der Waals surface area contributed by atoms with E-state index in [1.807, 2.05) is 18.2 Å². The molecule has 2 atom stereocenters.